The number of nitrogens with one attached hydrogen (secondary N) is 2. The summed E-state index contributed by atoms with van der Waals surface area (Å²) in [7, 11) is -2.28. The quantitative estimate of drug-likeness (QED) is 0.703. The van der Waals surface area contributed by atoms with Gasteiger partial charge < -0.3 is 10.1 Å². The molecular formula is C15H17BrN2O4S2. The summed E-state index contributed by atoms with van der Waals surface area (Å²) in [6.07, 6.45) is 0. The lowest BCUT2D eigenvalue weighted by Crippen LogP contribution is -2.44. The third-order valence-corrected chi connectivity index (χ3v) is 6.41. The highest BCUT2D eigenvalue weighted by atomic mass is 79.9. The topological polar surface area (TPSA) is 84.5 Å². The molecule has 1 amide bonds. The molecule has 0 spiro atoms. The summed E-state index contributed by atoms with van der Waals surface area (Å²) in [6.45, 7) is 1.85. The maximum Gasteiger partial charge on any atom is 0.241 e. The molecule has 130 valence electrons. The molecule has 1 heterocycles. The maximum absolute atomic E-state index is 12.3. The Bertz CT molecular complexity index is 803. The number of hydrogen-bond donors (Lipinski definition) is 2. The molecule has 9 heteroatoms. The monoisotopic (exact) mass is 432 g/mol. The van der Waals surface area contributed by atoms with Crippen LogP contribution in [0.2, 0.25) is 0 Å². The Morgan fingerprint density at radius 3 is 2.54 bits per heavy atom. The second-order valence-corrected chi connectivity index (χ2v) is 8.59. The third kappa shape index (κ3) is 5.04. The van der Waals surface area contributed by atoms with E-state index in [4.69, 9.17) is 4.74 Å². The molecule has 0 aliphatic carbocycles. The predicted molar refractivity (Wildman–Crippen MR) is 96.6 cm³/mol. The Hall–Kier alpha value is -1.42. The Balaban J connectivity index is 1.95. The normalized spacial score (nSPS) is 12.6. The summed E-state index contributed by atoms with van der Waals surface area (Å²) < 4.78 is 32.9. The molecule has 0 radical (unpaired) electrons. The molecule has 0 fully saturated rings. The van der Waals surface area contributed by atoms with E-state index in [1.54, 1.807) is 12.1 Å². The number of benzene rings is 1. The van der Waals surface area contributed by atoms with Crippen molar-refractivity contribution in [2.45, 2.75) is 24.4 Å². The number of carbonyl (C=O) groups is 1. The van der Waals surface area contributed by atoms with Crippen LogP contribution in [0.3, 0.4) is 0 Å². The van der Waals surface area contributed by atoms with Crippen LogP contribution in [0.25, 0.3) is 0 Å². The first kappa shape index (κ1) is 18.9. The molecule has 24 heavy (non-hydrogen) atoms. The number of thiophene rings is 1. The first-order valence-corrected chi connectivity index (χ1v) is 10.1. The van der Waals surface area contributed by atoms with Gasteiger partial charge in [-0.1, -0.05) is 0 Å². The number of amides is 1. The molecule has 0 bridgehead atoms. The molecule has 0 aliphatic heterocycles. The van der Waals surface area contributed by atoms with E-state index >= 15 is 0 Å². The summed E-state index contributed by atoms with van der Waals surface area (Å²) >= 11 is 4.85. The summed E-state index contributed by atoms with van der Waals surface area (Å²) in [6, 6.07) is 6.96. The average molecular weight is 433 g/mol. The summed E-state index contributed by atoms with van der Waals surface area (Å²) in [5.74, 6) is 0.165. The van der Waals surface area contributed by atoms with Crippen LogP contribution in [0.4, 0.5) is 0 Å². The standard InChI is InChI=1S/C15H17BrN2O4S2/c1-10(15(19)17-8-13-7-11(16)9-23-13)18-24(20,21)14-5-3-12(22-2)4-6-14/h3-7,9-10,18H,8H2,1-2H3,(H,17,19)/t10-/m0/s1. The van der Waals surface area contributed by atoms with Crippen LogP contribution in [0, 0.1) is 0 Å². The van der Waals surface area contributed by atoms with Gasteiger partial charge in [-0.05, 0) is 53.2 Å². The predicted octanol–water partition coefficient (Wildman–Crippen LogP) is 2.50. The number of methoxy groups -OCH3 is 1. The maximum atomic E-state index is 12.3. The number of halogens is 1. The van der Waals surface area contributed by atoms with Crippen molar-refractivity contribution in [3.8, 4) is 5.75 Å². The minimum Gasteiger partial charge on any atom is -0.497 e. The van der Waals surface area contributed by atoms with Crippen LogP contribution in [-0.4, -0.2) is 27.5 Å². The minimum absolute atomic E-state index is 0.0742. The van der Waals surface area contributed by atoms with Crippen molar-refractivity contribution in [1.82, 2.24) is 10.0 Å². The molecule has 1 aromatic heterocycles. The molecule has 6 nitrogen and oxygen atoms in total. The summed E-state index contributed by atoms with van der Waals surface area (Å²) in [4.78, 5) is 13.1. The lowest BCUT2D eigenvalue weighted by Gasteiger charge is -2.14. The minimum atomic E-state index is -3.78. The first-order chi connectivity index (χ1) is 11.3. The molecule has 2 aromatic rings. The fourth-order valence-electron chi connectivity index (χ4n) is 1.88. The van der Waals surface area contributed by atoms with Gasteiger partial charge in [0.1, 0.15) is 5.75 Å². The van der Waals surface area contributed by atoms with Crippen LogP contribution >= 0.6 is 27.3 Å². The highest BCUT2D eigenvalue weighted by molar-refractivity contribution is 9.10. The van der Waals surface area contributed by atoms with Crippen molar-refractivity contribution in [2.24, 2.45) is 0 Å². The van der Waals surface area contributed by atoms with Crippen molar-refractivity contribution in [3.05, 3.63) is 45.1 Å². The third-order valence-electron chi connectivity index (χ3n) is 3.15. The van der Waals surface area contributed by atoms with Crippen LogP contribution in [0.1, 0.15) is 11.8 Å². The molecule has 1 aromatic carbocycles. The van der Waals surface area contributed by atoms with Gasteiger partial charge in [0.15, 0.2) is 0 Å². The number of carbonyl (C=O) groups excluding carboxylic acids is 1. The first-order valence-electron chi connectivity index (χ1n) is 6.99. The van der Waals surface area contributed by atoms with Crippen molar-refractivity contribution < 1.29 is 17.9 Å². The van der Waals surface area contributed by atoms with Gasteiger partial charge in [0.25, 0.3) is 0 Å². The van der Waals surface area contributed by atoms with E-state index in [9.17, 15) is 13.2 Å². The SMILES string of the molecule is COc1ccc(S(=O)(=O)N[C@@H](C)C(=O)NCc2cc(Br)cs2)cc1. The number of ether oxygens (including phenoxy) is 1. The lowest BCUT2D eigenvalue weighted by molar-refractivity contribution is -0.122. The Morgan fingerprint density at radius 1 is 1.33 bits per heavy atom. The zero-order valence-electron chi connectivity index (χ0n) is 13.1. The van der Waals surface area contributed by atoms with Gasteiger partial charge in [-0.25, -0.2) is 8.42 Å². The number of hydrogen-bond acceptors (Lipinski definition) is 5. The number of rotatable bonds is 7. The van der Waals surface area contributed by atoms with Gasteiger partial charge in [-0.15, -0.1) is 11.3 Å². The molecule has 0 unspecified atom stereocenters. The second-order valence-electron chi connectivity index (χ2n) is 4.97. The van der Waals surface area contributed by atoms with E-state index in [0.29, 0.717) is 12.3 Å². The summed E-state index contributed by atoms with van der Waals surface area (Å²) in [5.41, 5.74) is 0. The second kappa shape index (κ2) is 8.11. The highest BCUT2D eigenvalue weighted by Crippen LogP contribution is 2.19. The Labute approximate surface area is 153 Å². The van der Waals surface area contributed by atoms with Gasteiger partial charge >= 0.3 is 0 Å². The van der Waals surface area contributed by atoms with Crippen molar-refractivity contribution in [3.63, 3.8) is 0 Å². The van der Waals surface area contributed by atoms with E-state index in [-0.39, 0.29) is 4.90 Å². The molecule has 2 N–H and O–H groups in total. The van der Waals surface area contributed by atoms with Crippen LogP contribution < -0.4 is 14.8 Å². The van der Waals surface area contributed by atoms with Crippen molar-refractivity contribution in [2.75, 3.05) is 7.11 Å². The fraction of sp³-hybridized carbons (Fsp3) is 0.267. The van der Waals surface area contributed by atoms with Gasteiger partial charge in [0, 0.05) is 14.7 Å². The van der Waals surface area contributed by atoms with E-state index in [1.165, 1.54) is 37.5 Å². The van der Waals surface area contributed by atoms with Crippen LogP contribution in [-0.2, 0) is 21.4 Å². The van der Waals surface area contributed by atoms with E-state index in [0.717, 1.165) is 9.35 Å². The van der Waals surface area contributed by atoms with Crippen molar-refractivity contribution in [1.29, 1.82) is 0 Å². The van der Waals surface area contributed by atoms with Crippen LogP contribution in [0.15, 0.2) is 45.1 Å². The van der Waals surface area contributed by atoms with Gasteiger partial charge in [-0.3, -0.25) is 4.79 Å². The fourth-order valence-corrected chi connectivity index (χ4v) is 4.48. The largest absolute Gasteiger partial charge is 0.497 e. The zero-order valence-corrected chi connectivity index (χ0v) is 16.3. The smallest absolute Gasteiger partial charge is 0.241 e. The molecule has 0 saturated carbocycles. The van der Waals surface area contributed by atoms with Gasteiger partial charge in [0.05, 0.1) is 24.6 Å². The lowest BCUT2D eigenvalue weighted by atomic mass is 10.3. The average Bonchev–Trinajstić information content (AvgIpc) is 2.97. The molecule has 0 aliphatic rings. The van der Waals surface area contributed by atoms with E-state index in [1.807, 2.05) is 11.4 Å². The molecule has 0 saturated heterocycles. The van der Waals surface area contributed by atoms with Crippen molar-refractivity contribution >= 4 is 43.2 Å². The highest BCUT2D eigenvalue weighted by Gasteiger charge is 2.22. The Kier molecular flexibility index (Phi) is 6.39. The summed E-state index contributed by atoms with van der Waals surface area (Å²) in [5, 5.41) is 4.62. The zero-order chi connectivity index (χ0) is 17.7. The molecule has 2 rings (SSSR count). The van der Waals surface area contributed by atoms with Gasteiger partial charge in [0.2, 0.25) is 15.9 Å². The number of sulfonamides is 1. The Morgan fingerprint density at radius 2 is 2.00 bits per heavy atom. The van der Waals surface area contributed by atoms with E-state index in [2.05, 4.69) is 26.0 Å². The van der Waals surface area contributed by atoms with E-state index < -0.39 is 22.0 Å². The van der Waals surface area contributed by atoms with Crippen LogP contribution in [0.5, 0.6) is 5.75 Å². The van der Waals surface area contributed by atoms with Gasteiger partial charge in [-0.2, -0.15) is 4.72 Å². The molecular weight excluding hydrogens is 416 g/mol. The molecule has 1 atom stereocenters.